The molecule has 2 amide bonds. The molecule has 1 aliphatic rings. The van der Waals surface area contributed by atoms with Crippen LogP contribution >= 0.6 is 11.3 Å². The summed E-state index contributed by atoms with van der Waals surface area (Å²) in [6.07, 6.45) is 1.51. The Balaban J connectivity index is 1.47. The number of fused-ring (bicyclic) bond motifs is 1. The van der Waals surface area contributed by atoms with Crippen LogP contribution in [-0.4, -0.2) is 36.1 Å². The Morgan fingerprint density at radius 3 is 2.61 bits per heavy atom. The number of nitrogens with one attached hydrogen (secondary N) is 3. The van der Waals surface area contributed by atoms with Crippen LogP contribution in [0.5, 0.6) is 0 Å². The molecule has 8 heteroatoms. The quantitative estimate of drug-likeness (QED) is 0.389. The molecule has 2 aromatic heterocycles. The molecule has 0 atom stereocenters. The van der Waals surface area contributed by atoms with E-state index in [0.29, 0.717) is 35.8 Å². The van der Waals surface area contributed by atoms with Gasteiger partial charge in [0.1, 0.15) is 0 Å². The van der Waals surface area contributed by atoms with Crippen LogP contribution in [-0.2, 0) is 4.74 Å². The normalized spacial score (nSPS) is 13.4. The third-order valence-electron chi connectivity index (χ3n) is 5.50. The van der Waals surface area contributed by atoms with E-state index in [-0.39, 0.29) is 17.9 Å². The summed E-state index contributed by atoms with van der Waals surface area (Å²) in [6, 6.07) is 17.2. The number of carbonyl (C=O) groups is 2. The van der Waals surface area contributed by atoms with Crippen molar-refractivity contribution in [3.63, 3.8) is 0 Å². The van der Waals surface area contributed by atoms with Gasteiger partial charge in [-0.05, 0) is 30.7 Å². The number of hydrogen-bond donors (Lipinski definition) is 3. The number of para-hydroxylation sites is 1. The molecule has 0 spiro atoms. The number of hydrogen-bond acceptors (Lipinski definition) is 6. The Morgan fingerprint density at radius 2 is 1.82 bits per heavy atom. The van der Waals surface area contributed by atoms with Gasteiger partial charge in [0.05, 0.1) is 36.1 Å². The van der Waals surface area contributed by atoms with Gasteiger partial charge in [0, 0.05) is 27.4 Å². The lowest BCUT2D eigenvalue weighted by atomic mass is 10.1. The van der Waals surface area contributed by atoms with Gasteiger partial charge in [-0.2, -0.15) is 0 Å². The number of aromatic nitrogens is 1. The number of anilines is 3. The molecule has 0 radical (unpaired) electrons. The Labute approximate surface area is 194 Å². The van der Waals surface area contributed by atoms with Crippen molar-refractivity contribution in [3.8, 4) is 0 Å². The Hall–Kier alpha value is -3.75. The van der Waals surface area contributed by atoms with E-state index >= 15 is 0 Å². The first-order chi connectivity index (χ1) is 16.1. The highest BCUT2D eigenvalue weighted by atomic mass is 32.1. The first-order valence-electron chi connectivity index (χ1n) is 10.6. The summed E-state index contributed by atoms with van der Waals surface area (Å²) in [5.74, 6) is -0.0533. The predicted octanol–water partition coefficient (Wildman–Crippen LogP) is 4.73. The average molecular weight is 459 g/mol. The lowest BCUT2D eigenvalue weighted by molar-refractivity contribution is -0.00346. The van der Waals surface area contributed by atoms with Gasteiger partial charge >= 0.3 is 0 Å². The Kier molecular flexibility index (Phi) is 5.77. The van der Waals surface area contributed by atoms with Crippen molar-refractivity contribution in [3.05, 3.63) is 82.9 Å². The topological polar surface area (TPSA) is 92.3 Å². The third-order valence-corrected chi connectivity index (χ3v) is 6.46. The summed E-state index contributed by atoms with van der Waals surface area (Å²) >= 11 is 1.52. The van der Waals surface area contributed by atoms with E-state index in [1.807, 2.05) is 60.8 Å². The molecular formula is C25H22N4O3S. The molecule has 7 nitrogen and oxygen atoms in total. The number of thiophene rings is 1. The minimum Gasteiger partial charge on any atom is -0.377 e. The zero-order chi connectivity index (χ0) is 22.8. The molecule has 166 valence electrons. The van der Waals surface area contributed by atoms with E-state index in [4.69, 9.17) is 4.74 Å². The first-order valence-corrected chi connectivity index (χ1v) is 11.5. The monoisotopic (exact) mass is 458 g/mol. The van der Waals surface area contributed by atoms with Crippen LogP contribution in [0.2, 0.25) is 0 Å². The molecular weight excluding hydrogens is 436 g/mol. The van der Waals surface area contributed by atoms with Crippen molar-refractivity contribution in [2.45, 2.75) is 13.0 Å². The molecule has 1 saturated heterocycles. The fraction of sp³-hybridized carbons (Fsp3) is 0.160. The molecule has 0 unspecified atom stereocenters. The van der Waals surface area contributed by atoms with Gasteiger partial charge in [0.2, 0.25) is 0 Å². The van der Waals surface area contributed by atoms with Crippen LogP contribution in [0.1, 0.15) is 26.3 Å². The largest absolute Gasteiger partial charge is 0.377 e. The molecule has 0 bridgehead atoms. The molecule has 3 N–H and O–H groups in total. The molecule has 33 heavy (non-hydrogen) atoms. The zero-order valence-corrected chi connectivity index (χ0v) is 18.7. The number of pyridine rings is 1. The van der Waals surface area contributed by atoms with Crippen LogP contribution in [0.25, 0.3) is 10.1 Å². The van der Waals surface area contributed by atoms with Crippen molar-refractivity contribution in [2.75, 3.05) is 23.8 Å². The maximum absolute atomic E-state index is 13.2. The van der Waals surface area contributed by atoms with Gasteiger partial charge < -0.3 is 20.7 Å². The fourth-order valence-corrected chi connectivity index (χ4v) is 4.50. The second-order valence-electron chi connectivity index (χ2n) is 7.87. The molecule has 3 heterocycles. The molecule has 2 aromatic carbocycles. The number of ether oxygens (including phenoxy) is 1. The molecule has 5 rings (SSSR count). The summed E-state index contributed by atoms with van der Waals surface area (Å²) in [7, 11) is 0. The molecule has 4 aromatic rings. The van der Waals surface area contributed by atoms with Crippen LogP contribution in [0.4, 0.5) is 17.2 Å². The summed E-state index contributed by atoms with van der Waals surface area (Å²) < 4.78 is 6.16. The number of aryl methyl sites for hydroxylation is 1. The van der Waals surface area contributed by atoms with Gasteiger partial charge in [0.15, 0.2) is 5.82 Å². The second kappa shape index (κ2) is 9.01. The van der Waals surface area contributed by atoms with Gasteiger partial charge in [-0.25, -0.2) is 4.98 Å². The van der Waals surface area contributed by atoms with Crippen molar-refractivity contribution >= 4 is 50.4 Å². The predicted molar refractivity (Wildman–Crippen MR) is 131 cm³/mol. The standard InChI is InChI=1S/C25H22N4O3S/c1-15-6-2-4-8-20(15)28-23-21(10-16(11-26-23)24(30)27-17-12-32-13-17)29-25(31)19-14-33-22-9-5-3-7-18(19)22/h2-11,14,17H,12-13H2,1H3,(H,26,28)(H,27,30)(H,29,31). The smallest absolute Gasteiger partial charge is 0.257 e. The number of amides is 2. The van der Waals surface area contributed by atoms with E-state index in [2.05, 4.69) is 20.9 Å². The minimum atomic E-state index is -0.257. The van der Waals surface area contributed by atoms with E-state index in [1.54, 1.807) is 6.07 Å². The minimum absolute atomic E-state index is 0.00233. The van der Waals surface area contributed by atoms with E-state index in [1.165, 1.54) is 17.5 Å². The maximum atomic E-state index is 13.2. The molecule has 0 saturated carbocycles. The maximum Gasteiger partial charge on any atom is 0.257 e. The highest BCUT2D eigenvalue weighted by molar-refractivity contribution is 7.17. The molecule has 0 aliphatic carbocycles. The van der Waals surface area contributed by atoms with Crippen LogP contribution in [0.15, 0.2) is 66.2 Å². The van der Waals surface area contributed by atoms with Crippen LogP contribution in [0.3, 0.4) is 0 Å². The third kappa shape index (κ3) is 4.44. The summed E-state index contributed by atoms with van der Waals surface area (Å²) in [5.41, 5.74) is 3.27. The molecule has 1 fully saturated rings. The SMILES string of the molecule is Cc1ccccc1Nc1ncc(C(=O)NC2COC2)cc1NC(=O)c1csc2ccccc12. The second-order valence-corrected chi connectivity index (χ2v) is 8.78. The summed E-state index contributed by atoms with van der Waals surface area (Å²) in [6.45, 7) is 2.99. The highest BCUT2D eigenvalue weighted by Crippen LogP contribution is 2.29. The lowest BCUT2D eigenvalue weighted by Crippen LogP contribution is -2.48. The number of benzene rings is 2. The molecule has 1 aliphatic heterocycles. The average Bonchev–Trinajstić information content (AvgIpc) is 3.23. The fourth-order valence-electron chi connectivity index (χ4n) is 3.56. The Bertz CT molecular complexity index is 1350. The van der Waals surface area contributed by atoms with Crippen LogP contribution in [0, 0.1) is 6.92 Å². The van der Waals surface area contributed by atoms with E-state index in [9.17, 15) is 9.59 Å². The van der Waals surface area contributed by atoms with E-state index < -0.39 is 0 Å². The van der Waals surface area contributed by atoms with Crippen molar-refractivity contribution in [2.24, 2.45) is 0 Å². The van der Waals surface area contributed by atoms with Crippen molar-refractivity contribution in [1.82, 2.24) is 10.3 Å². The number of nitrogens with zero attached hydrogens (tertiary/aromatic N) is 1. The van der Waals surface area contributed by atoms with Crippen molar-refractivity contribution < 1.29 is 14.3 Å². The van der Waals surface area contributed by atoms with Gasteiger partial charge in [-0.15, -0.1) is 11.3 Å². The van der Waals surface area contributed by atoms with Gasteiger partial charge in [-0.1, -0.05) is 36.4 Å². The van der Waals surface area contributed by atoms with Crippen molar-refractivity contribution in [1.29, 1.82) is 0 Å². The number of rotatable bonds is 6. The zero-order valence-electron chi connectivity index (χ0n) is 17.9. The van der Waals surface area contributed by atoms with E-state index in [0.717, 1.165) is 21.3 Å². The lowest BCUT2D eigenvalue weighted by Gasteiger charge is -2.26. The highest BCUT2D eigenvalue weighted by Gasteiger charge is 2.22. The first kappa shape index (κ1) is 21.1. The summed E-state index contributed by atoms with van der Waals surface area (Å²) in [5, 5.41) is 11.9. The summed E-state index contributed by atoms with van der Waals surface area (Å²) in [4.78, 5) is 30.3. The van der Waals surface area contributed by atoms with Gasteiger partial charge in [0.25, 0.3) is 11.8 Å². The Morgan fingerprint density at radius 1 is 1.03 bits per heavy atom. The number of carbonyl (C=O) groups excluding carboxylic acids is 2. The van der Waals surface area contributed by atoms with Gasteiger partial charge in [-0.3, -0.25) is 9.59 Å². The van der Waals surface area contributed by atoms with Crippen LogP contribution < -0.4 is 16.0 Å².